The predicted molar refractivity (Wildman–Crippen MR) is 52.3 cm³/mol. The smallest absolute Gasteiger partial charge is 0.269 e. The standard InChI is InChI=1S/C8H8N6/c9-7-12-8(14-13-7)11-5-6-3-1-2-4-10-6/h1-5H,(H3,9,12,13,14)/b11-5+. The SMILES string of the molecule is Nc1nc(/N=C/c2ccccn2)n[nH]1. The van der Waals surface area contributed by atoms with Crippen molar-refractivity contribution in [2.45, 2.75) is 0 Å². The number of H-pyrrole nitrogens is 1. The molecule has 2 rings (SSSR count). The van der Waals surface area contributed by atoms with Crippen LogP contribution in [-0.4, -0.2) is 26.4 Å². The van der Waals surface area contributed by atoms with Crippen LogP contribution in [0.2, 0.25) is 0 Å². The number of pyridine rings is 1. The second kappa shape index (κ2) is 3.65. The molecule has 0 aliphatic rings. The van der Waals surface area contributed by atoms with Crippen molar-refractivity contribution < 1.29 is 0 Å². The molecule has 0 aliphatic heterocycles. The summed E-state index contributed by atoms with van der Waals surface area (Å²) in [6.45, 7) is 0. The van der Waals surface area contributed by atoms with E-state index < -0.39 is 0 Å². The number of aliphatic imine (C=N–C) groups is 1. The van der Waals surface area contributed by atoms with Crippen molar-refractivity contribution in [3.63, 3.8) is 0 Å². The fourth-order valence-electron chi connectivity index (χ4n) is 0.899. The number of nitrogen functional groups attached to an aromatic ring is 1. The zero-order valence-corrected chi connectivity index (χ0v) is 7.25. The van der Waals surface area contributed by atoms with Gasteiger partial charge < -0.3 is 5.73 Å². The number of anilines is 1. The Morgan fingerprint density at radius 2 is 2.36 bits per heavy atom. The highest BCUT2D eigenvalue weighted by molar-refractivity contribution is 5.78. The lowest BCUT2D eigenvalue weighted by molar-refractivity contribution is 1.09. The molecule has 2 aromatic rings. The molecule has 3 N–H and O–H groups in total. The van der Waals surface area contributed by atoms with Crippen LogP contribution in [-0.2, 0) is 0 Å². The monoisotopic (exact) mass is 188 g/mol. The largest absolute Gasteiger partial charge is 0.368 e. The predicted octanol–water partition coefficient (Wildman–Crippen LogP) is 0.532. The van der Waals surface area contributed by atoms with E-state index >= 15 is 0 Å². The van der Waals surface area contributed by atoms with Crippen molar-refractivity contribution in [2.24, 2.45) is 4.99 Å². The number of rotatable bonds is 2. The molecule has 2 heterocycles. The van der Waals surface area contributed by atoms with Gasteiger partial charge in [-0.25, -0.2) is 10.1 Å². The molecule has 0 aromatic carbocycles. The quantitative estimate of drug-likeness (QED) is 0.672. The zero-order chi connectivity index (χ0) is 9.80. The third-order valence-corrected chi connectivity index (χ3v) is 1.49. The van der Waals surface area contributed by atoms with Crippen LogP contribution in [0.5, 0.6) is 0 Å². The van der Waals surface area contributed by atoms with Gasteiger partial charge >= 0.3 is 0 Å². The molecule has 0 spiro atoms. The first-order chi connectivity index (χ1) is 6.84. The highest BCUT2D eigenvalue weighted by atomic mass is 15.3. The normalized spacial score (nSPS) is 10.9. The lowest BCUT2D eigenvalue weighted by atomic mass is 10.4. The fraction of sp³-hybridized carbons (Fsp3) is 0. The molecule has 14 heavy (non-hydrogen) atoms. The Balaban J connectivity index is 2.15. The Morgan fingerprint density at radius 3 is 3.00 bits per heavy atom. The number of nitrogens with two attached hydrogens (primary N) is 1. The molecule has 6 heteroatoms. The minimum Gasteiger partial charge on any atom is -0.368 e. The summed E-state index contributed by atoms with van der Waals surface area (Å²) >= 11 is 0. The van der Waals surface area contributed by atoms with Gasteiger partial charge in [-0.1, -0.05) is 6.07 Å². The van der Waals surface area contributed by atoms with Crippen LogP contribution in [0.25, 0.3) is 0 Å². The van der Waals surface area contributed by atoms with Gasteiger partial charge in [-0.05, 0) is 12.1 Å². The molecule has 70 valence electrons. The average Bonchev–Trinajstić information content (AvgIpc) is 2.63. The maximum absolute atomic E-state index is 5.33. The van der Waals surface area contributed by atoms with Crippen molar-refractivity contribution in [3.05, 3.63) is 30.1 Å². The molecule has 6 nitrogen and oxygen atoms in total. The molecular formula is C8H8N6. The first-order valence-corrected chi connectivity index (χ1v) is 3.97. The Bertz CT molecular complexity index is 432. The summed E-state index contributed by atoms with van der Waals surface area (Å²) in [5.41, 5.74) is 6.08. The summed E-state index contributed by atoms with van der Waals surface area (Å²) in [6.07, 6.45) is 3.26. The summed E-state index contributed by atoms with van der Waals surface area (Å²) in [5.74, 6) is 0.548. The first-order valence-electron chi connectivity index (χ1n) is 3.97. The molecule has 0 unspecified atom stereocenters. The topological polar surface area (TPSA) is 92.8 Å². The van der Waals surface area contributed by atoms with Gasteiger partial charge in [-0.2, -0.15) is 4.98 Å². The van der Waals surface area contributed by atoms with Gasteiger partial charge in [-0.3, -0.25) is 4.98 Å². The summed E-state index contributed by atoms with van der Waals surface area (Å²) in [5, 5.41) is 6.23. The second-order valence-corrected chi connectivity index (χ2v) is 2.53. The van der Waals surface area contributed by atoms with Crippen LogP contribution in [0.1, 0.15) is 5.69 Å². The molecular weight excluding hydrogens is 180 g/mol. The van der Waals surface area contributed by atoms with E-state index in [4.69, 9.17) is 5.73 Å². The Morgan fingerprint density at radius 1 is 1.43 bits per heavy atom. The van der Waals surface area contributed by atoms with E-state index in [1.54, 1.807) is 12.4 Å². The molecule has 0 saturated carbocycles. The van der Waals surface area contributed by atoms with E-state index in [2.05, 4.69) is 25.2 Å². The van der Waals surface area contributed by atoms with Gasteiger partial charge in [0.05, 0.1) is 11.9 Å². The molecule has 0 bridgehead atoms. The van der Waals surface area contributed by atoms with Crippen molar-refractivity contribution in [2.75, 3.05) is 5.73 Å². The van der Waals surface area contributed by atoms with E-state index in [0.717, 1.165) is 5.69 Å². The third kappa shape index (κ3) is 1.92. The second-order valence-electron chi connectivity index (χ2n) is 2.53. The van der Waals surface area contributed by atoms with Gasteiger partial charge in [0.2, 0.25) is 5.95 Å². The van der Waals surface area contributed by atoms with E-state index in [1.807, 2.05) is 18.2 Å². The molecule has 0 saturated heterocycles. The lowest BCUT2D eigenvalue weighted by Gasteiger charge is -1.87. The molecule has 2 aromatic heterocycles. The van der Waals surface area contributed by atoms with Crippen LogP contribution >= 0.6 is 0 Å². The van der Waals surface area contributed by atoms with Crippen molar-refractivity contribution in [3.8, 4) is 0 Å². The van der Waals surface area contributed by atoms with Crippen LogP contribution in [0.15, 0.2) is 29.4 Å². The highest BCUT2D eigenvalue weighted by Gasteiger charge is 1.94. The van der Waals surface area contributed by atoms with Gasteiger partial charge in [0.25, 0.3) is 5.95 Å². The molecule has 0 fully saturated rings. The van der Waals surface area contributed by atoms with Crippen molar-refractivity contribution >= 4 is 18.1 Å². The molecule has 0 atom stereocenters. The number of aromatic nitrogens is 4. The minimum absolute atomic E-state index is 0.248. The van der Waals surface area contributed by atoms with Gasteiger partial charge in [-0.15, -0.1) is 5.10 Å². The average molecular weight is 188 g/mol. The summed E-state index contributed by atoms with van der Waals surface area (Å²) < 4.78 is 0. The maximum Gasteiger partial charge on any atom is 0.269 e. The molecule has 0 radical (unpaired) electrons. The van der Waals surface area contributed by atoms with Crippen LogP contribution in [0.3, 0.4) is 0 Å². The number of nitrogens with one attached hydrogen (secondary N) is 1. The van der Waals surface area contributed by atoms with E-state index in [-0.39, 0.29) is 5.95 Å². The van der Waals surface area contributed by atoms with E-state index in [9.17, 15) is 0 Å². The van der Waals surface area contributed by atoms with Crippen LogP contribution in [0, 0.1) is 0 Å². The summed E-state index contributed by atoms with van der Waals surface area (Å²) in [6, 6.07) is 5.54. The van der Waals surface area contributed by atoms with Crippen molar-refractivity contribution in [1.29, 1.82) is 0 Å². The number of nitrogens with zero attached hydrogens (tertiary/aromatic N) is 4. The van der Waals surface area contributed by atoms with Crippen LogP contribution < -0.4 is 5.73 Å². The number of aromatic amines is 1. The number of hydrogen-bond acceptors (Lipinski definition) is 5. The van der Waals surface area contributed by atoms with Crippen molar-refractivity contribution in [1.82, 2.24) is 20.2 Å². The van der Waals surface area contributed by atoms with E-state index in [1.165, 1.54) is 0 Å². The highest BCUT2D eigenvalue weighted by Crippen LogP contribution is 2.03. The maximum atomic E-state index is 5.33. The summed E-state index contributed by atoms with van der Waals surface area (Å²) in [7, 11) is 0. The lowest BCUT2D eigenvalue weighted by Crippen LogP contribution is -1.85. The molecule has 0 aliphatic carbocycles. The summed E-state index contributed by atoms with van der Waals surface area (Å²) in [4.78, 5) is 11.8. The number of hydrogen-bond donors (Lipinski definition) is 2. The fourth-order valence-corrected chi connectivity index (χ4v) is 0.899. The Labute approximate surface area is 79.9 Å². The molecule has 0 amide bonds. The Kier molecular flexibility index (Phi) is 2.18. The van der Waals surface area contributed by atoms with E-state index in [0.29, 0.717) is 5.95 Å². The van der Waals surface area contributed by atoms with Gasteiger partial charge in [0.1, 0.15) is 0 Å². The van der Waals surface area contributed by atoms with Gasteiger partial charge in [0.15, 0.2) is 0 Å². The first kappa shape index (κ1) is 8.36. The van der Waals surface area contributed by atoms with Crippen LogP contribution in [0.4, 0.5) is 11.9 Å². The third-order valence-electron chi connectivity index (χ3n) is 1.49. The minimum atomic E-state index is 0.248. The Hall–Kier alpha value is -2.24. The zero-order valence-electron chi connectivity index (χ0n) is 7.25. The van der Waals surface area contributed by atoms with Gasteiger partial charge in [0, 0.05) is 6.20 Å².